The van der Waals surface area contributed by atoms with E-state index < -0.39 is 8.60 Å². The minimum Gasteiger partial charge on any atom is -0.366 e. The normalized spacial score (nSPS) is 17.0. The Bertz CT molecular complexity index is 190. The zero-order chi connectivity index (χ0) is 10.4. The Morgan fingerprint density at radius 2 is 2.21 bits per heavy atom. The molecule has 0 bridgehead atoms. The molecule has 0 radical (unpaired) electrons. The summed E-state index contributed by atoms with van der Waals surface area (Å²) in [6.45, 7) is 2.56. The van der Waals surface area contributed by atoms with E-state index in [4.69, 9.17) is 25.8 Å². The maximum atomic E-state index is 5.36. The van der Waals surface area contributed by atoms with Gasteiger partial charge >= 0.3 is 8.60 Å². The third kappa shape index (κ3) is 4.02. The van der Waals surface area contributed by atoms with E-state index in [-0.39, 0.29) is 0 Å². The molecule has 1 fully saturated rings. The fourth-order valence-electron chi connectivity index (χ4n) is 0.880. The van der Waals surface area contributed by atoms with Crippen LogP contribution in [-0.2, 0) is 13.6 Å². The number of likely N-dealkylation sites (N-methyl/N-ethyl adjacent to an activating group) is 1. The Labute approximate surface area is 90.7 Å². The van der Waals surface area contributed by atoms with Crippen molar-refractivity contribution in [3.8, 4) is 0 Å². The summed E-state index contributed by atoms with van der Waals surface area (Å²) in [5, 5.41) is 3.59. The highest BCUT2D eigenvalue weighted by molar-refractivity contribution is 7.80. The van der Waals surface area contributed by atoms with Crippen molar-refractivity contribution in [2.24, 2.45) is 0 Å². The Balaban J connectivity index is 2.05. The van der Waals surface area contributed by atoms with Crippen LogP contribution in [-0.4, -0.2) is 50.5 Å². The van der Waals surface area contributed by atoms with Gasteiger partial charge in [-0.15, -0.1) is 0 Å². The fourth-order valence-corrected chi connectivity index (χ4v) is 1.87. The molecule has 1 rings (SSSR count). The van der Waals surface area contributed by atoms with Gasteiger partial charge in [0.1, 0.15) is 0 Å². The average Bonchev–Trinajstić information content (AvgIpc) is 2.69. The van der Waals surface area contributed by atoms with Gasteiger partial charge in [0.25, 0.3) is 0 Å². The van der Waals surface area contributed by atoms with E-state index in [1.54, 1.807) is 7.05 Å². The molecule has 0 aromatic carbocycles. The first kappa shape index (κ1) is 12.1. The molecule has 1 saturated heterocycles. The second-order valence-corrected chi connectivity index (χ2v) is 4.31. The van der Waals surface area contributed by atoms with Crippen molar-refractivity contribution in [1.29, 1.82) is 0 Å². The topological polar surface area (TPSA) is 43.0 Å². The standard InChI is InChI=1S/C7H15N2O3PS/c1-8-7(14)9(2)3-4-10-13-11-5-6-12-13/h3-6H2,1-2H3,(H,8,14). The van der Waals surface area contributed by atoms with Crippen molar-refractivity contribution in [2.45, 2.75) is 0 Å². The Kier molecular flexibility index (Phi) is 5.59. The van der Waals surface area contributed by atoms with E-state index in [2.05, 4.69) is 5.32 Å². The lowest BCUT2D eigenvalue weighted by Gasteiger charge is -2.19. The van der Waals surface area contributed by atoms with Crippen LogP contribution in [0.15, 0.2) is 0 Å². The third-order valence-corrected chi connectivity index (χ3v) is 3.36. The van der Waals surface area contributed by atoms with Crippen molar-refractivity contribution >= 4 is 25.9 Å². The highest BCUT2D eigenvalue weighted by Gasteiger charge is 2.18. The van der Waals surface area contributed by atoms with Crippen LogP contribution < -0.4 is 5.32 Å². The first-order valence-electron chi connectivity index (χ1n) is 4.35. The minimum atomic E-state index is -1.09. The van der Waals surface area contributed by atoms with Gasteiger partial charge in [-0.05, 0) is 12.2 Å². The van der Waals surface area contributed by atoms with Crippen LogP contribution >= 0.6 is 20.8 Å². The van der Waals surface area contributed by atoms with Gasteiger partial charge in [0.2, 0.25) is 0 Å². The molecule has 0 atom stereocenters. The molecule has 7 heteroatoms. The molecule has 14 heavy (non-hydrogen) atoms. The first-order chi connectivity index (χ1) is 6.74. The summed E-state index contributed by atoms with van der Waals surface area (Å²) in [6.07, 6.45) is 0. The van der Waals surface area contributed by atoms with E-state index in [1.807, 2.05) is 11.9 Å². The van der Waals surface area contributed by atoms with Gasteiger partial charge in [-0.1, -0.05) is 0 Å². The summed E-state index contributed by atoms with van der Waals surface area (Å²) < 4.78 is 15.7. The molecule has 0 spiro atoms. The maximum absolute atomic E-state index is 5.36. The van der Waals surface area contributed by atoms with Crippen LogP contribution in [0.3, 0.4) is 0 Å². The molecule has 0 aromatic rings. The highest BCUT2D eigenvalue weighted by Crippen LogP contribution is 2.43. The average molecular weight is 238 g/mol. The zero-order valence-electron chi connectivity index (χ0n) is 8.36. The molecule has 0 aromatic heterocycles. The largest absolute Gasteiger partial charge is 0.366 e. The number of nitrogens with one attached hydrogen (secondary N) is 1. The number of hydrogen-bond donors (Lipinski definition) is 1. The van der Waals surface area contributed by atoms with Gasteiger partial charge in [-0.25, -0.2) is 0 Å². The van der Waals surface area contributed by atoms with Crippen molar-refractivity contribution in [2.75, 3.05) is 40.5 Å². The van der Waals surface area contributed by atoms with Crippen molar-refractivity contribution in [3.63, 3.8) is 0 Å². The van der Waals surface area contributed by atoms with Crippen LogP contribution in [0.1, 0.15) is 0 Å². The molecule has 1 heterocycles. The van der Waals surface area contributed by atoms with Gasteiger partial charge < -0.3 is 23.8 Å². The minimum absolute atomic E-state index is 0.560. The van der Waals surface area contributed by atoms with Crippen molar-refractivity contribution < 1.29 is 13.6 Å². The molecule has 0 aliphatic carbocycles. The molecule has 1 aliphatic heterocycles. The van der Waals surface area contributed by atoms with Crippen LogP contribution in [0.25, 0.3) is 0 Å². The number of rotatable bonds is 4. The summed E-state index contributed by atoms with van der Waals surface area (Å²) in [5.74, 6) is 0. The Morgan fingerprint density at radius 3 is 2.79 bits per heavy atom. The second kappa shape index (κ2) is 6.48. The Morgan fingerprint density at radius 1 is 1.57 bits per heavy atom. The van der Waals surface area contributed by atoms with Crippen LogP contribution in [0.5, 0.6) is 0 Å². The molecule has 5 nitrogen and oxygen atoms in total. The zero-order valence-corrected chi connectivity index (χ0v) is 10.1. The van der Waals surface area contributed by atoms with Gasteiger partial charge in [0.05, 0.1) is 19.8 Å². The third-order valence-electron chi connectivity index (χ3n) is 1.66. The molecular formula is C7H15N2O3PS. The molecular weight excluding hydrogens is 223 g/mol. The van der Waals surface area contributed by atoms with Gasteiger partial charge in [0, 0.05) is 20.6 Å². The number of nitrogens with zero attached hydrogens (tertiary/aromatic N) is 1. The lowest BCUT2D eigenvalue weighted by Crippen LogP contribution is -2.36. The first-order valence-corrected chi connectivity index (χ1v) is 5.86. The summed E-state index contributed by atoms with van der Waals surface area (Å²) in [6, 6.07) is 0. The van der Waals surface area contributed by atoms with Gasteiger partial charge in [0.15, 0.2) is 5.11 Å². The van der Waals surface area contributed by atoms with Crippen LogP contribution in [0.2, 0.25) is 0 Å². The van der Waals surface area contributed by atoms with Crippen molar-refractivity contribution in [1.82, 2.24) is 10.2 Å². The summed E-state index contributed by atoms with van der Waals surface area (Å²) in [7, 11) is 2.62. The number of thiocarbonyl (C=S) groups is 1. The molecule has 1 N–H and O–H groups in total. The summed E-state index contributed by atoms with van der Waals surface area (Å²) >= 11 is 5.03. The Hall–Kier alpha value is -0.0000000000000000416. The molecule has 82 valence electrons. The smallest absolute Gasteiger partial charge is 0.332 e. The quantitative estimate of drug-likeness (QED) is 0.575. The van der Waals surface area contributed by atoms with E-state index >= 15 is 0 Å². The van der Waals surface area contributed by atoms with E-state index in [0.29, 0.717) is 24.9 Å². The monoisotopic (exact) mass is 238 g/mol. The van der Waals surface area contributed by atoms with Gasteiger partial charge in [-0.3, -0.25) is 0 Å². The summed E-state index contributed by atoms with van der Waals surface area (Å²) in [4.78, 5) is 1.90. The van der Waals surface area contributed by atoms with E-state index in [0.717, 1.165) is 6.54 Å². The molecule has 0 saturated carbocycles. The molecule has 0 amide bonds. The lowest BCUT2D eigenvalue weighted by molar-refractivity contribution is 0.232. The van der Waals surface area contributed by atoms with Crippen LogP contribution in [0.4, 0.5) is 0 Å². The van der Waals surface area contributed by atoms with E-state index in [9.17, 15) is 0 Å². The number of hydrogen-bond acceptors (Lipinski definition) is 4. The van der Waals surface area contributed by atoms with E-state index in [1.165, 1.54) is 0 Å². The molecule has 0 unspecified atom stereocenters. The fraction of sp³-hybridized carbons (Fsp3) is 0.857. The highest BCUT2D eigenvalue weighted by atomic mass is 32.1. The second-order valence-electron chi connectivity index (χ2n) is 2.70. The van der Waals surface area contributed by atoms with Gasteiger partial charge in [-0.2, -0.15) is 0 Å². The molecule has 1 aliphatic rings. The maximum Gasteiger partial charge on any atom is 0.332 e. The SMILES string of the molecule is CNC(=S)N(C)CCOP1OCCO1. The predicted octanol–water partition coefficient (Wildman–Crippen LogP) is 0.713. The summed E-state index contributed by atoms with van der Waals surface area (Å²) in [5.41, 5.74) is 0. The van der Waals surface area contributed by atoms with Crippen LogP contribution in [0, 0.1) is 0 Å². The lowest BCUT2D eigenvalue weighted by atomic mass is 10.6. The van der Waals surface area contributed by atoms with Crippen molar-refractivity contribution in [3.05, 3.63) is 0 Å². The predicted molar refractivity (Wildman–Crippen MR) is 59.1 cm³/mol.